The number of guanidine groups is 1. The number of piperazine rings is 2. The molecule has 5 rings (SSSR count). The summed E-state index contributed by atoms with van der Waals surface area (Å²) in [6.07, 6.45) is 15.5. The maximum atomic E-state index is 14.1. The molecule has 3 aromatic heterocycles. The number of aryl methyl sites for hydroxylation is 2. The highest BCUT2D eigenvalue weighted by Crippen LogP contribution is 2.23. The molecule has 2 amide bonds. The van der Waals surface area contributed by atoms with E-state index in [2.05, 4.69) is 53.6 Å². The minimum atomic E-state index is -0.530. The van der Waals surface area contributed by atoms with Crippen LogP contribution in [0.3, 0.4) is 0 Å². The summed E-state index contributed by atoms with van der Waals surface area (Å²) < 4.78 is 19.8. The Morgan fingerprint density at radius 1 is 0.781 bits per heavy atom. The number of nitrogens with two attached hydrogens (primary N) is 3. The van der Waals surface area contributed by atoms with Gasteiger partial charge >= 0.3 is 0 Å². The van der Waals surface area contributed by atoms with Gasteiger partial charge in [0, 0.05) is 77.8 Å². The van der Waals surface area contributed by atoms with Gasteiger partial charge in [-0.05, 0) is 58.4 Å². The molecule has 5 heterocycles. The van der Waals surface area contributed by atoms with Crippen molar-refractivity contribution >= 4 is 35.6 Å². The van der Waals surface area contributed by atoms with Crippen molar-refractivity contribution in [1.82, 2.24) is 54.7 Å². The molecule has 2 saturated heterocycles. The van der Waals surface area contributed by atoms with Crippen LogP contribution in [-0.4, -0.2) is 184 Å². The Labute approximate surface area is 375 Å². The third-order valence-electron chi connectivity index (χ3n) is 10.9. The lowest BCUT2D eigenvalue weighted by molar-refractivity contribution is -0.136. The highest BCUT2D eigenvalue weighted by Gasteiger charge is 2.32. The molecule has 352 valence electrons. The number of ether oxygens (including phenoxy) is 3. The second-order valence-electron chi connectivity index (χ2n) is 15.7. The Morgan fingerprint density at radius 2 is 1.36 bits per heavy atom. The van der Waals surface area contributed by atoms with Gasteiger partial charge in [-0.2, -0.15) is 15.0 Å². The molecule has 0 unspecified atom stereocenters. The number of rotatable bonds is 28. The van der Waals surface area contributed by atoms with Crippen molar-refractivity contribution in [2.24, 2.45) is 22.2 Å². The smallest absolute Gasteiger partial charge is 0.247 e. The number of terminal acetylenes is 1. The van der Waals surface area contributed by atoms with Gasteiger partial charge in [-0.15, -0.1) is 16.6 Å². The Hall–Kier alpha value is -5.70. The van der Waals surface area contributed by atoms with Gasteiger partial charge in [-0.25, -0.2) is 9.36 Å². The normalized spacial score (nSPS) is 15.2. The average molecular weight is 893 g/mol. The second-order valence-corrected chi connectivity index (χ2v) is 15.7. The molecule has 2 atom stereocenters. The molecule has 0 bridgehead atoms. The van der Waals surface area contributed by atoms with E-state index in [1.807, 2.05) is 22.9 Å². The van der Waals surface area contributed by atoms with Crippen molar-refractivity contribution in [2.75, 3.05) is 127 Å². The fraction of sp³-hybridized carbons (Fsp3) is 0.707. The van der Waals surface area contributed by atoms with Crippen LogP contribution in [0.2, 0.25) is 0 Å². The van der Waals surface area contributed by atoms with Crippen molar-refractivity contribution < 1.29 is 23.8 Å². The molecule has 2 fully saturated rings. The van der Waals surface area contributed by atoms with E-state index >= 15 is 0 Å². The third kappa shape index (κ3) is 15.5. The predicted octanol–water partition coefficient (Wildman–Crippen LogP) is -0.373. The van der Waals surface area contributed by atoms with Gasteiger partial charge < -0.3 is 56.3 Å². The first-order chi connectivity index (χ1) is 31.2. The van der Waals surface area contributed by atoms with E-state index in [0.717, 1.165) is 43.5 Å². The van der Waals surface area contributed by atoms with Crippen LogP contribution >= 0.6 is 0 Å². The van der Waals surface area contributed by atoms with Gasteiger partial charge in [0.1, 0.15) is 18.7 Å². The summed E-state index contributed by atoms with van der Waals surface area (Å²) in [6.45, 7) is 11.9. The largest absolute Gasteiger partial charge is 0.377 e. The zero-order valence-corrected chi connectivity index (χ0v) is 37.6. The van der Waals surface area contributed by atoms with Crippen LogP contribution < -0.4 is 32.3 Å². The first kappa shape index (κ1) is 49.3. The maximum Gasteiger partial charge on any atom is 0.247 e. The topological polar surface area (TPSA) is 277 Å². The minimum absolute atomic E-state index is 0.0236. The van der Waals surface area contributed by atoms with E-state index < -0.39 is 12.1 Å². The summed E-state index contributed by atoms with van der Waals surface area (Å²) in [5, 5.41) is 20.5. The van der Waals surface area contributed by atoms with Gasteiger partial charge in [-0.1, -0.05) is 29.7 Å². The maximum absolute atomic E-state index is 14.1. The molecular formula is C41H68N18O5. The van der Waals surface area contributed by atoms with Crippen LogP contribution in [0.15, 0.2) is 17.4 Å². The number of hydrogen-bond donors (Lipinski definition) is 4. The van der Waals surface area contributed by atoms with Crippen molar-refractivity contribution in [2.45, 2.75) is 77.3 Å². The molecule has 2 aliphatic heterocycles. The number of hydrogen-bond acceptors (Lipinski definition) is 17. The zero-order valence-electron chi connectivity index (χ0n) is 37.6. The molecule has 0 aliphatic carbocycles. The van der Waals surface area contributed by atoms with Gasteiger partial charge in [0.15, 0.2) is 5.96 Å². The van der Waals surface area contributed by atoms with Crippen molar-refractivity contribution in [3.63, 3.8) is 0 Å². The highest BCUT2D eigenvalue weighted by molar-refractivity contribution is 5.81. The minimum Gasteiger partial charge on any atom is -0.377 e. The number of carbonyl (C=O) groups excluding carboxylic acids is 2. The number of unbranched alkanes of at least 4 members (excludes halogenated alkanes) is 2. The number of aromatic nitrogens is 9. The summed E-state index contributed by atoms with van der Waals surface area (Å²) >= 11 is 0. The Bertz CT molecular complexity index is 1920. The van der Waals surface area contributed by atoms with E-state index in [9.17, 15) is 9.59 Å². The van der Waals surface area contributed by atoms with Gasteiger partial charge in [-0.3, -0.25) is 14.6 Å². The molecule has 0 aromatic carbocycles. The molecule has 23 heteroatoms. The number of carbonyl (C=O) groups is 2. The Morgan fingerprint density at radius 3 is 1.97 bits per heavy atom. The quantitative estimate of drug-likeness (QED) is 0.0313. The first-order valence-electron chi connectivity index (χ1n) is 22.5. The number of nitrogens with one attached hydrogen (secondary N) is 1. The average Bonchev–Trinajstić information content (AvgIpc) is 4.00. The SMILES string of the molecule is C#CCOCCOCCOCCNc1nc(N2CCN(C(=O)[C@H](C)n3cc(CCCN=C(N)N)nn3)CC2)nc(N2CCN(C(=O)[C@H](CCCCN)n3cc(CCCC)nn3)CC2)n1. The van der Waals surface area contributed by atoms with Crippen LogP contribution in [0.5, 0.6) is 0 Å². The zero-order chi connectivity index (χ0) is 45.5. The second kappa shape index (κ2) is 26.8. The highest BCUT2D eigenvalue weighted by atomic mass is 16.5. The summed E-state index contributed by atoms with van der Waals surface area (Å²) in [4.78, 5) is 54.2. The van der Waals surface area contributed by atoms with Crippen molar-refractivity contribution in [3.05, 3.63) is 23.8 Å². The fourth-order valence-corrected chi connectivity index (χ4v) is 7.24. The number of amides is 2. The van der Waals surface area contributed by atoms with Gasteiger partial charge in [0.05, 0.1) is 44.4 Å². The molecule has 0 spiro atoms. The van der Waals surface area contributed by atoms with Crippen LogP contribution in [0, 0.1) is 12.3 Å². The van der Waals surface area contributed by atoms with Crippen molar-refractivity contribution in [3.8, 4) is 12.3 Å². The predicted molar refractivity (Wildman–Crippen MR) is 241 cm³/mol. The van der Waals surface area contributed by atoms with Gasteiger partial charge in [0.25, 0.3) is 0 Å². The lowest BCUT2D eigenvalue weighted by atomic mass is 10.1. The van der Waals surface area contributed by atoms with E-state index in [4.69, 9.17) is 52.8 Å². The lowest BCUT2D eigenvalue weighted by Gasteiger charge is -2.37. The van der Waals surface area contributed by atoms with Crippen LogP contribution in [-0.2, 0) is 36.6 Å². The standard InChI is InChI=1S/C41H68N18O5/c1-4-6-10-33-31-59(53-51-33)35(12-7-8-13-42)37(61)55-18-22-57(23-19-55)41-48-39(46-15-25-63-27-29-64-28-26-62-24-5-2)47-40(49-41)56-20-16-54(17-21-56)36(60)32(3)58-30-34(50-52-58)11-9-14-45-38(43)44/h2,30-32,35H,4,6-29,42H2,1,3H3,(H4,43,44,45)(H,46,47,48,49)/t32-,35-/m0/s1. The monoisotopic (exact) mass is 893 g/mol. The molecule has 7 N–H and O–H groups in total. The molecule has 2 aliphatic rings. The summed E-state index contributed by atoms with van der Waals surface area (Å²) in [7, 11) is 0. The van der Waals surface area contributed by atoms with E-state index in [1.165, 1.54) is 0 Å². The summed E-state index contributed by atoms with van der Waals surface area (Å²) in [5.41, 5.74) is 18.3. The Balaban J connectivity index is 1.20. The summed E-state index contributed by atoms with van der Waals surface area (Å²) in [6, 6.07) is -0.977. The molecule has 64 heavy (non-hydrogen) atoms. The molecule has 0 radical (unpaired) electrons. The molecular weight excluding hydrogens is 825 g/mol. The third-order valence-corrected chi connectivity index (χ3v) is 10.9. The molecule has 23 nitrogen and oxygen atoms in total. The Kier molecular flexibility index (Phi) is 20.7. The van der Waals surface area contributed by atoms with E-state index in [1.54, 1.807) is 15.6 Å². The van der Waals surface area contributed by atoms with E-state index in [0.29, 0.717) is 142 Å². The molecule has 3 aromatic rings. The number of nitrogens with zero attached hydrogens (tertiary/aromatic N) is 14. The van der Waals surface area contributed by atoms with Crippen LogP contribution in [0.25, 0.3) is 0 Å². The van der Waals surface area contributed by atoms with Crippen LogP contribution in [0.4, 0.5) is 17.8 Å². The number of aliphatic imine (C=N–C) groups is 1. The van der Waals surface area contributed by atoms with Crippen molar-refractivity contribution in [1.29, 1.82) is 0 Å². The first-order valence-corrected chi connectivity index (χ1v) is 22.5. The molecule has 0 saturated carbocycles. The summed E-state index contributed by atoms with van der Waals surface area (Å²) in [5.74, 6) is 3.86. The van der Waals surface area contributed by atoms with Gasteiger partial charge in [0.2, 0.25) is 29.7 Å². The van der Waals surface area contributed by atoms with E-state index in [-0.39, 0.29) is 24.4 Å². The van der Waals surface area contributed by atoms with Crippen LogP contribution in [0.1, 0.15) is 75.8 Å². The fourth-order valence-electron chi connectivity index (χ4n) is 7.24. The number of anilines is 3. The lowest BCUT2D eigenvalue weighted by Crippen LogP contribution is -2.52.